The molecular formula is C22H17F3N2O2. The maximum Gasteiger partial charge on any atom is 0.249 e. The van der Waals surface area contributed by atoms with Crippen LogP contribution < -0.4 is 5.73 Å². The summed E-state index contributed by atoms with van der Waals surface area (Å²) in [5.74, 6) is -3.82. The average Bonchev–Trinajstić information content (AvgIpc) is 2.99. The average molecular weight is 398 g/mol. The van der Waals surface area contributed by atoms with Gasteiger partial charge in [-0.3, -0.25) is 4.79 Å². The van der Waals surface area contributed by atoms with Crippen LogP contribution in [0.3, 0.4) is 0 Å². The maximum absolute atomic E-state index is 14.3. The Hall–Kier alpha value is -3.32. The molecule has 4 aromatic rings. The summed E-state index contributed by atoms with van der Waals surface area (Å²) >= 11 is 0. The van der Waals surface area contributed by atoms with Gasteiger partial charge in [-0.25, -0.2) is 13.2 Å². The van der Waals surface area contributed by atoms with E-state index in [0.717, 1.165) is 17.0 Å². The summed E-state index contributed by atoms with van der Waals surface area (Å²) in [6.07, 6.45) is 0. The van der Waals surface area contributed by atoms with Gasteiger partial charge in [0.25, 0.3) is 0 Å². The van der Waals surface area contributed by atoms with Crippen LogP contribution in [0.2, 0.25) is 0 Å². The molecule has 1 aromatic heterocycles. The first-order valence-corrected chi connectivity index (χ1v) is 8.86. The van der Waals surface area contributed by atoms with Crippen molar-refractivity contribution in [3.8, 4) is 0 Å². The molecular weight excluding hydrogens is 381 g/mol. The van der Waals surface area contributed by atoms with Gasteiger partial charge in [0, 0.05) is 40.6 Å². The molecule has 0 aliphatic heterocycles. The number of hydrogen-bond acceptors (Lipinski definition) is 2. The van der Waals surface area contributed by atoms with Gasteiger partial charge in [0.1, 0.15) is 5.82 Å². The highest BCUT2D eigenvalue weighted by molar-refractivity contribution is 6.17. The molecule has 0 spiro atoms. The number of amides is 1. The summed E-state index contributed by atoms with van der Waals surface area (Å²) < 4.78 is 48.7. The molecule has 0 unspecified atom stereocenters. The van der Waals surface area contributed by atoms with Gasteiger partial charge in [0.15, 0.2) is 11.6 Å². The number of hydrogen-bond donors (Lipinski definition) is 1. The van der Waals surface area contributed by atoms with Crippen LogP contribution in [0.25, 0.3) is 21.8 Å². The number of halogens is 3. The minimum atomic E-state index is -1.25. The molecule has 0 radical (unpaired) electrons. The largest absolute Gasteiger partial charge is 0.380 e. The van der Waals surface area contributed by atoms with Crippen molar-refractivity contribution in [2.45, 2.75) is 13.2 Å². The third kappa shape index (κ3) is 3.23. The number of aromatic nitrogens is 1. The summed E-state index contributed by atoms with van der Waals surface area (Å²) in [6.45, 7) is 0.224. The Morgan fingerprint density at radius 2 is 1.86 bits per heavy atom. The molecule has 4 nitrogen and oxygen atoms in total. The molecule has 1 amide bonds. The first-order chi connectivity index (χ1) is 13.9. The van der Waals surface area contributed by atoms with Crippen molar-refractivity contribution in [2.75, 3.05) is 7.11 Å². The first kappa shape index (κ1) is 19.0. The SMILES string of the molecule is COCc1ccc2c3c(C(N)=O)cccc3n(Cc3cc(F)cc(F)c3F)c2c1. The van der Waals surface area contributed by atoms with Gasteiger partial charge >= 0.3 is 0 Å². The molecule has 0 saturated heterocycles. The fourth-order valence-electron chi connectivity index (χ4n) is 3.72. The van der Waals surface area contributed by atoms with Gasteiger partial charge in [0.05, 0.1) is 18.7 Å². The number of ether oxygens (including phenoxy) is 1. The first-order valence-electron chi connectivity index (χ1n) is 8.86. The zero-order chi connectivity index (χ0) is 20.7. The minimum Gasteiger partial charge on any atom is -0.380 e. The number of benzene rings is 3. The quantitative estimate of drug-likeness (QED) is 0.503. The van der Waals surface area contributed by atoms with E-state index in [1.54, 1.807) is 29.9 Å². The topological polar surface area (TPSA) is 57.2 Å². The van der Waals surface area contributed by atoms with Crippen molar-refractivity contribution < 1.29 is 22.7 Å². The molecule has 4 rings (SSSR count). The van der Waals surface area contributed by atoms with Crippen LogP contribution in [0, 0.1) is 17.5 Å². The number of methoxy groups -OCH3 is 1. The van der Waals surface area contributed by atoms with Crippen molar-refractivity contribution in [1.82, 2.24) is 4.57 Å². The molecule has 0 bridgehead atoms. The van der Waals surface area contributed by atoms with E-state index in [0.29, 0.717) is 34.7 Å². The predicted molar refractivity (Wildman–Crippen MR) is 104 cm³/mol. The molecule has 148 valence electrons. The second-order valence-corrected chi connectivity index (χ2v) is 6.80. The predicted octanol–water partition coefficient (Wildman–Crippen LogP) is 4.51. The Morgan fingerprint density at radius 3 is 2.59 bits per heavy atom. The van der Waals surface area contributed by atoms with Crippen molar-refractivity contribution in [3.05, 3.63) is 82.7 Å². The van der Waals surface area contributed by atoms with Gasteiger partial charge in [-0.05, 0) is 29.8 Å². The zero-order valence-corrected chi connectivity index (χ0v) is 15.5. The number of nitrogens with two attached hydrogens (primary N) is 1. The van der Waals surface area contributed by atoms with E-state index in [9.17, 15) is 18.0 Å². The maximum atomic E-state index is 14.3. The van der Waals surface area contributed by atoms with E-state index in [4.69, 9.17) is 10.5 Å². The minimum absolute atomic E-state index is 0.126. The molecule has 0 aliphatic carbocycles. The van der Waals surface area contributed by atoms with Crippen LogP contribution in [0.15, 0.2) is 48.5 Å². The fraction of sp³-hybridized carbons (Fsp3) is 0.136. The molecule has 7 heteroatoms. The lowest BCUT2D eigenvalue weighted by Crippen LogP contribution is -2.11. The molecule has 3 aromatic carbocycles. The highest BCUT2D eigenvalue weighted by Crippen LogP contribution is 2.33. The standard InChI is InChI=1S/C22H17F3N2O2/c1-29-11-12-5-6-15-19(7-12)27(10-13-8-14(23)9-17(24)21(13)25)18-4-2-3-16(20(15)18)22(26)28/h2-9H,10-11H2,1H3,(H2,26,28). The van der Waals surface area contributed by atoms with Crippen molar-refractivity contribution >= 4 is 27.7 Å². The van der Waals surface area contributed by atoms with Crippen LogP contribution in [0.5, 0.6) is 0 Å². The van der Waals surface area contributed by atoms with E-state index in [-0.39, 0.29) is 12.1 Å². The monoisotopic (exact) mass is 398 g/mol. The summed E-state index contributed by atoms with van der Waals surface area (Å²) in [7, 11) is 1.57. The third-order valence-corrected chi connectivity index (χ3v) is 4.93. The Balaban J connectivity index is 2.04. The molecule has 0 aliphatic rings. The van der Waals surface area contributed by atoms with Crippen LogP contribution >= 0.6 is 0 Å². The Bertz CT molecular complexity index is 1260. The van der Waals surface area contributed by atoms with Gasteiger partial charge in [0.2, 0.25) is 5.91 Å². The molecule has 29 heavy (non-hydrogen) atoms. The van der Waals surface area contributed by atoms with E-state index >= 15 is 0 Å². The van der Waals surface area contributed by atoms with Crippen LogP contribution in [-0.2, 0) is 17.9 Å². The second kappa shape index (κ2) is 7.25. The summed E-state index contributed by atoms with van der Waals surface area (Å²) in [6, 6.07) is 12.0. The fourth-order valence-corrected chi connectivity index (χ4v) is 3.72. The summed E-state index contributed by atoms with van der Waals surface area (Å²) in [5, 5.41) is 1.34. The van der Waals surface area contributed by atoms with E-state index in [2.05, 4.69) is 0 Å². The molecule has 0 atom stereocenters. The number of carbonyl (C=O) groups is 1. The van der Waals surface area contributed by atoms with Crippen molar-refractivity contribution in [1.29, 1.82) is 0 Å². The molecule has 1 heterocycles. The van der Waals surface area contributed by atoms with Crippen molar-refractivity contribution in [3.63, 3.8) is 0 Å². The smallest absolute Gasteiger partial charge is 0.249 e. The van der Waals surface area contributed by atoms with Gasteiger partial charge in [-0.15, -0.1) is 0 Å². The highest BCUT2D eigenvalue weighted by atomic mass is 19.2. The van der Waals surface area contributed by atoms with Crippen LogP contribution in [0.1, 0.15) is 21.5 Å². The summed E-state index contributed by atoms with van der Waals surface area (Å²) in [4.78, 5) is 12.0. The van der Waals surface area contributed by atoms with E-state index in [1.165, 1.54) is 0 Å². The van der Waals surface area contributed by atoms with E-state index < -0.39 is 23.4 Å². The Labute approximate surface area is 164 Å². The van der Waals surface area contributed by atoms with Gasteiger partial charge in [-0.1, -0.05) is 18.2 Å². The molecule has 0 saturated carbocycles. The van der Waals surface area contributed by atoms with Gasteiger partial charge < -0.3 is 15.0 Å². The van der Waals surface area contributed by atoms with Crippen LogP contribution in [-0.4, -0.2) is 17.6 Å². The van der Waals surface area contributed by atoms with Gasteiger partial charge in [-0.2, -0.15) is 0 Å². The number of fused-ring (bicyclic) bond motifs is 3. The zero-order valence-electron chi connectivity index (χ0n) is 15.5. The van der Waals surface area contributed by atoms with Crippen LogP contribution in [0.4, 0.5) is 13.2 Å². The van der Waals surface area contributed by atoms with Crippen molar-refractivity contribution in [2.24, 2.45) is 5.73 Å². The number of primary amides is 1. The second-order valence-electron chi connectivity index (χ2n) is 6.80. The van der Waals surface area contributed by atoms with E-state index in [1.807, 2.05) is 18.2 Å². The Morgan fingerprint density at radius 1 is 1.07 bits per heavy atom. The molecule has 0 fully saturated rings. The molecule has 2 N–H and O–H groups in total. The highest BCUT2D eigenvalue weighted by Gasteiger charge is 2.19. The number of carbonyl (C=O) groups excluding carboxylic acids is 1. The lowest BCUT2D eigenvalue weighted by molar-refractivity contribution is 0.100. The normalized spacial score (nSPS) is 11.4. The lowest BCUT2D eigenvalue weighted by Gasteiger charge is -2.10. The lowest BCUT2D eigenvalue weighted by atomic mass is 10.0. The Kier molecular flexibility index (Phi) is 4.76. The summed E-state index contributed by atoms with van der Waals surface area (Å²) in [5.41, 5.74) is 7.86. The number of nitrogens with zero attached hydrogens (tertiary/aromatic N) is 1. The third-order valence-electron chi connectivity index (χ3n) is 4.93. The number of rotatable bonds is 5.